The van der Waals surface area contributed by atoms with Gasteiger partial charge in [0, 0.05) is 28.2 Å². The summed E-state index contributed by atoms with van der Waals surface area (Å²) in [4.78, 5) is 12.5. The van der Waals surface area contributed by atoms with Crippen molar-refractivity contribution in [1.82, 2.24) is 5.16 Å². The lowest BCUT2D eigenvalue weighted by molar-refractivity contribution is 0.0988. The highest BCUT2D eigenvalue weighted by Crippen LogP contribution is 2.38. The quantitative estimate of drug-likeness (QED) is 0.685. The fraction of sp³-hybridized carbons (Fsp3) is 0.158. The van der Waals surface area contributed by atoms with Crippen LogP contribution in [-0.4, -0.2) is 24.3 Å². The molecule has 132 valence electrons. The Morgan fingerprint density at radius 2 is 1.77 bits per heavy atom. The van der Waals surface area contributed by atoms with E-state index in [1.54, 1.807) is 18.2 Å². The Balaban J connectivity index is 1.55. The standard InChI is InChI=1S/C19H15BrN2O4/c1-11-2-4-12(5-3-11)14-9-18(26-22-14)19(23)21-15-10-17-16(8-13(15)20)24-6-7-25-17/h2-5,8-10H,6-7H2,1H3,(H,21,23). The summed E-state index contributed by atoms with van der Waals surface area (Å²) in [6, 6.07) is 12.9. The number of anilines is 1. The highest BCUT2D eigenvalue weighted by atomic mass is 79.9. The van der Waals surface area contributed by atoms with Crippen molar-refractivity contribution < 1.29 is 18.8 Å². The van der Waals surface area contributed by atoms with E-state index >= 15 is 0 Å². The summed E-state index contributed by atoms with van der Waals surface area (Å²) < 4.78 is 16.9. The van der Waals surface area contributed by atoms with Crippen LogP contribution in [0.25, 0.3) is 11.3 Å². The molecular weight excluding hydrogens is 400 g/mol. The predicted octanol–water partition coefficient (Wildman–Crippen LogP) is 4.44. The van der Waals surface area contributed by atoms with Crippen LogP contribution in [0.15, 0.2) is 51.5 Å². The van der Waals surface area contributed by atoms with Gasteiger partial charge in [0.15, 0.2) is 11.5 Å². The van der Waals surface area contributed by atoms with Crippen LogP contribution in [0, 0.1) is 6.92 Å². The zero-order valence-electron chi connectivity index (χ0n) is 13.9. The molecule has 0 bridgehead atoms. The third-order valence-corrected chi connectivity index (χ3v) is 4.62. The van der Waals surface area contributed by atoms with E-state index in [1.807, 2.05) is 31.2 Å². The average Bonchev–Trinajstić information content (AvgIpc) is 3.13. The molecule has 0 atom stereocenters. The number of nitrogens with one attached hydrogen (secondary N) is 1. The topological polar surface area (TPSA) is 73.6 Å². The molecule has 0 unspecified atom stereocenters. The maximum Gasteiger partial charge on any atom is 0.294 e. The van der Waals surface area contributed by atoms with Crippen LogP contribution in [0.3, 0.4) is 0 Å². The number of carbonyl (C=O) groups excluding carboxylic acids is 1. The molecule has 4 rings (SSSR count). The summed E-state index contributed by atoms with van der Waals surface area (Å²) in [5.74, 6) is 0.964. The highest BCUT2D eigenvalue weighted by Gasteiger charge is 2.19. The summed E-state index contributed by atoms with van der Waals surface area (Å²) in [7, 11) is 0. The van der Waals surface area contributed by atoms with Gasteiger partial charge >= 0.3 is 0 Å². The van der Waals surface area contributed by atoms with Crippen molar-refractivity contribution in [3.8, 4) is 22.8 Å². The van der Waals surface area contributed by atoms with E-state index in [1.165, 1.54) is 0 Å². The molecule has 0 saturated carbocycles. The third kappa shape index (κ3) is 3.30. The van der Waals surface area contributed by atoms with Crippen molar-refractivity contribution in [2.45, 2.75) is 6.92 Å². The Kier molecular flexibility index (Phi) is 4.38. The first kappa shape index (κ1) is 16.7. The molecule has 3 aromatic rings. The van der Waals surface area contributed by atoms with Crippen LogP contribution < -0.4 is 14.8 Å². The zero-order chi connectivity index (χ0) is 18.1. The lowest BCUT2D eigenvalue weighted by Gasteiger charge is -2.19. The first-order valence-corrected chi connectivity index (χ1v) is 8.84. The molecule has 0 spiro atoms. The van der Waals surface area contributed by atoms with Crippen LogP contribution in [-0.2, 0) is 0 Å². The van der Waals surface area contributed by atoms with Gasteiger partial charge in [-0.05, 0) is 22.9 Å². The number of benzene rings is 2. The molecule has 7 heteroatoms. The summed E-state index contributed by atoms with van der Waals surface area (Å²) in [6.45, 7) is 2.99. The molecule has 2 heterocycles. The number of halogens is 1. The van der Waals surface area contributed by atoms with Gasteiger partial charge in [-0.25, -0.2) is 0 Å². The largest absolute Gasteiger partial charge is 0.486 e. The van der Waals surface area contributed by atoms with Crippen LogP contribution in [0.4, 0.5) is 5.69 Å². The molecule has 0 fully saturated rings. The number of hydrogen-bond donors (Lipinski definition) is 1. The number of nitrogens with zero attached hydrogens (tertiary/aromatic N) is 1. The van der Waals surface area contributed by atoms with Crippen molar-refractivity contribution in [3.05, 3.63) is 58.3 Å². The number of hydrogen-bond acceptors (Lipinski definition) is 5. The van der Waals surface area contributed by atoms with Gasteiger partial charge in [-0.2, -0.15) is 0 Å². The first-order valence-electron chi connectivity index (χ1n) is 8.04. The van der Waals surface area contributed by atoms with Gasteiger partial charge in [-0.15, -0.1) is 0 Å². The minimum absolute atomic E-state index is 0.127. The molecule has 0 radical (unpaired) electrons. The van der Waals surface area contributed by atoms with Gasteiger partial charge in [-0.1, -0.05) is 35.0 Å². The van der Waals surface area contributed by atoms with E-state index in [2.05, 4.69) is 26.4 Å². The second-order valence-corrected chi connectivity index (χ2v) is 6.73. The maximum atomic E-state index is 12.5. The Bertz CT molecular complexity index is 966. The number of aromatic nitrogens is 1. The minimum Gasteiger partial charge on any atom is -0.486 e. The number of rotatable bonds is 3. The van der Waals surface area contributed by atoms with Gasteiger partial charge in [0.2, 0.25) is 5.76 Å². The van der Waals surface area contributed by atoms with Gasteiger partial charge < -0.3 is 19.3 Å². The molecular formula is C19H15BrN2O4. The van der Waals surface area contributed by atoms with Crippen molar-refractivity contribution in [2.24, 2.45) is 0 Å². The van der Waals surface area contributed by atoms with Gasteiger partial charge in [0.1, 0.15) is 18.9 Å². The van der Waals surface area contributed by atoms with Crippen molar-refractivity contribution in [3.63, 3.8) is 0 Å². The Hall–Kier alpha value is -2.80. The van der Waals surface area contributed by atoms with Crippen molar-refractivity contribution in [1.29, 1.82) is 0 Å². The average molecular weight is 415 g/mol. The van der Waals surface area contributed by atoms with Crippen LogP contribution >= 0.6 is 15.9 Å². The first-order chi connectivity index (χ1) is 12.6. The summed E-state index contributed by atoms with van der Waals surface area (Å²) in [5.41, 5.74) is 3.21. The fourth-order valence-electron chi connectivity index (χ4n) is 2.59. The number of ether oxygens (including phenoxy) is 2. The molecule has 2 aromatic carbocycles. The number of aryl methyl sites for hydroxylation is 1. The van der Waals surface area contributed by atoms with Crippen LogP contribution in [0.5, 0.6) is 11.5 Å². The molecule has 6 nitrogen and oxygen atoms in total. The van der Waals surface area contributed by atoms with E-state index in [4.69, 9.17) is 14.0 Å². The third-order valence-electron chi connectivity index (χ3n) is 3.96. The smallest absolute Gasteiger partial charge is 0.294 e. The monoisotopic (exact) mass is 414 g/mol. The molecule has 1 aliphatic heterocycles. The van der Waals surface area contributed by atoms with E-state index in [0.717, 1.165) is 11.1 Å². The second kappa shape index (κ2) is 6.84. The van der Waals surface area contributed by atoms with Crippen LogP contribution in [0.2, 0.25) is 0 Å². The SMILES string of the molecule is Cc1ccc(-c2cc(C(=O)Nc3cc4c(cc3Br)OCCO4)on2)cc1. The van der Waals surface area contributed by atoms with E-state index in [9.17, 15) is 4.79 Å². The Labute approximate surface area is 158 Å². The zero-order valence-corrected chi connectivity index (χ0v) is 15.5. The fourth-order valence-corrected chi connectivity index (χ4v) is 3.01. The normalized spacial score (nSPS) is 12.7. The van der Waals surface area contributed by atoms with Gasteiger partial charge in [0.05, 0.1) is 5.69 Å². The molecule has 1 amide bonds. The number of fused-ring (bicyclic) bond motifs is 1. The minimum atomic E-state index is -0.395. The highest BCUT2D eigenvalue weighted by molar-refractivity contribution is 9.10. The maximum absolute atomic E-state index is 12.5. The molecule has 26 heavy (non-hydrogen) atoms. The second-order valence-electron chi connectivity index (χ2n) is 5.87. The van der Waals surface area contributed by atoms with Crippen molar-refractivity contribution in [2.75, 3.05) is 18.5 Å². The summed E-state index contributed by atoms with van der Waals surface area (Å²) in [5, 5.41) is 6.77. The van der Waals surface area contributed by atoms with E-state index in [0.29, 0.717) is 40.6 Å². The van der Waals surface area contributed by atoms with Gasteiger partial charge in [-0.3, -0.25) is 4.79 Å². The molecule has 1 aliphatic rings. The lowest BCUT2D eigenvalue weighted by Crippen LogP contribution is -2.16. The summed E-state index contributed by atoms with van der Waals surface area (Å²) in [6.07, 6.45) is 0. The summed E-state index contributed by atoms with van der Waals surface area (Å²) >= 11 is 3.43. The Morgan fingerprint density at radius 3 is 2.50 bits per heavy atom. The predicted molar refractivity (Wildman–Crippen MR) is 99.8 cm³/mol. The molecule has 0 aliphatic carbocycles. The van der Waals surface area contributed by atoms with Gasteiger partial charge in [0.25, 0.3) is 5.91 Å². The number of carbonyl (C=O) groups is 1. The van der Waals surface area contributed by atoms with Crippen molar-refractivity contribution >= 4 is 27.5 Å². The molecule has 1 N–H and O–H groups in total. The number of amides is 1. The molecule has 0 saturated heterocycles. The molecule has 1 aromatic heterocycles. The van der Waals surface area contributed by atoms with E-state index in [-0.39, 0.29) is 5.76 Å². The van der Waals surface area contributed by atoms with Crippen LogP contribution in [0.1, 0.15) is 16.1 Å². The lowest BCUT2D eigenvalue weighted by atomic mass is 10.1. The Morgan fingerprint density at radius 1 is 1.08 bits per heavy atom. The van der Waals surface area contributed by atoms with E-state index < -0.39 is 5.91 Å².